The third kappa shape index (κ3) is 2.12. The molecule has 1 fully saturated rings. The van der Waals surface area contributed by atoms with E-state index in [1.54, 1.807) is 6.33 Å². The minimum atomic E-state index is 0.533. The van der Waals surface area contributed by atoms with E-state index in [0.29, 0.717) is 6.04 Å². The van der Waals surface area contributed by atoms with Gasteiger partial charge in [-0.25, -0.2) is 9.97 Å². The molecule has 1 atom stereocenters. The fourth-order valence-electron chi connectivity index (χ4n) is 2.65. The van der Waals surface area contributed by atoms with Crippen LogP contribution >= 0.6 is 0 Å². The third-order valence-electron chi connectivity index (χ3n) is 3.52. The van der Waals surface area contributed by atoms with Gasteiger partial charge in [0.1, 0.15) is 12.1 Å². The number of piperazine rings is 1. The molecule has 0 spiro atoms. The molecule has 0 bridgehead atoms. The molecule has 1 aromatic heterocycles. The first-order valence-corrected chi connectivity index (χ1v) is 6.36. The van der Waals surface area contributed by atoms with Crippen LogP contribution in [0.3, 0.4) is 0 Å². The van der Waals surface area contributed by atoms with Gasteiger partial charge < -0.3 is 15.5 Å². The van der Waals surface area contributed by atoms with E-state index in [-0.39, 0.29) is 0 Å². The summed E-state index contributed by atoms with van der Waals surface area (Å²) >= 11 is 0. The Kier molecular flexibility index (Phi) is 2.94. The van der Waals surface area contributed by atoms with Gasteiger partial charge in [0.15, 0.2) is 0 Å². The third-order valence-corrected chi connectivity index (χ3v) is 3.52. The average Bonchev–Trinajstić information content (AvgIpc) is 2.38. The van der Waals surface area contributed by atoms with Crippen molar-refractivity contribution in [3.63, 3.8) is 0 Å². The van der Waals surface area contributed by atoms with Crippen molar-refractivity contribution < 1.29 is 0 Å². The van der Waals surface area contributed by atoms with Crippen molar-refractivity contribution >= 4 is 5.82 Å². The molecule has 2 aliphatic heterocycles. The molecule has 5 heteroatoms. The first-order valence-electron chi connectivity index (χ1n) is 6.36. The molecule has 17 heavy (non-hydrogen) atoms. The van der Waals surface area contributed by atoms with Crippen LogP contribution in [0.1, 0.15) is 18.2 Å². The number of hydrogen-bond acceptors (Lipinski definition) is 5. The summed E-state index contributed by atoms with van der Waals surface area (Å²) in [5, 5.41) is 6.87. The number of aromatic nitrogens is 2. The summed E-state index contributed by atoms with van der Waals surface area (Å²) in [5.41, 5.74) is 2.52. The van der Waals surface area contributed by atoms with E-state index in [2.05, 4.69) is 32.4 Å². The summed E-state index contributed by atoms with van der Waals surface area (Å²) in [5.74, 6) is 1.13. The van der Waals surface area contributed by atoms with E-state index in [9.17, 15) is 0 Å². The lowest BCUT2D eigenvalue weighted by Crippen LogP contribution is -2.50. The molecule has 0 amide bonds. The Balaban J connectivity index is 1.91. The molecular weight excluding hydrogens is 214 g/mol. The summed E-state index contributed by atoms with van der Waals surface area (Å²) in [7, 11) is 0. The molecule has 1 unspecified atom stereocenters. The molecule has 0 aliphatic carbocycles. The summed E-state index contributed by atoms with van der Waals surface area (Å²) in [6, 6.07) is 0.533. The zero-order chi connectivity index (χ0) is 11.7. The van der Waals surface area contributed by atoms with Crippen molar-refractivity contribution in [1.82, 2.24) is 20.6 Å². The number of rotatable bonds is 1. The van der Waals surface area contributed by atoms with E-state index < -0.39 is 0 Å². The number of nitrogens with one attached hydrogen (secondary N) is 2. The first-order chi connectivity index (χ1) is 8.34. The quantitative estimate of drug-likeness (QED) is 0.710. The van der Waals surface area contributed by atoms with Crippen LogP contribution in [0, 0.1) is 0 Å². The number of fused-ring (bicyclic) bond motifs is 1. The number of hydrogen-bond donors (Lipinski definition) is 2. The maximum absolute atomic E-state index is 4.50. The van der Waals surface area contributed by atoms with Gasteiger partial charge in [0.05, 0.1) is 5.69 Å². The van der Waals surface area contributed by atoms with E-state index >= 15 is 0 Å². The molecule has 1 saturated heterocycles. The van der Waals surface area contributed by atoms with Gasteiger partial charge in [-0.3, -0.25) is 0 Å². The van der Waals surface area contributed by atoms with Gasteiger partial charge in [0.2, 0.25) is 0 Å². The molecule has 2 aliphatic rings. The van der Waals surface area contributed by atoms with Crippen LogP contribution < -0.4 is 15.5 Å². The number of anilines is 1. The van der Waals surface area contributed by atoms with Gasteiger partial charge in [0, 0.05) is 50.7 Å². The Morgan fingerprint density at radius 1 is 1.35 bits per heavy atom. The molecule has 0 aromatic carbocycles. The van der Waals surface area contributed by atoms with E-state index in [1.807, 2.05) is 0 Å². The monoisotopic (exact) mass is 233 g/mol. The van der Waals surface area contributed by atoms with Crippen LogP contribution in [0.4, 0.5) is 5.82 Å². The van der Waals surface area contributed by atoms with Crippen molar-refractivity contribution in [3.8, 4) is 0 Å². The van der Waals surface area contributed by atoms with Gasteiger partial charge >= 0.3 is 0 Å². The Labute approximate surface area is 102 Å². The average molecular weight is 233 g/mol. The maximum Gasteiger partial charge on any atom is 0.136 e. The highest BCUT2D eigenvalue weighted by Crippen LogP contribution is 2.23. The predicted octanol–water partition coefficient (Wildman–Crippen LogP) is -0.0796. The molecule has 5 nitrogen and oxygen atoms in total. The van der Waals surface area contributed by atoms with E-state index in [1.165, 1.54) is 11.3 Å². The minimum absolute atomic E-state index is 0.533. The van der Waals surface area contributed by atoms with Gasteiger partial charge in [-0.2, -0.15) is 0 Å². The second kappa shape index (κ2) is 4.58. The topological polar surface area (TPSA) is 53.1 Å². The lowest BCUT2D eigenvalue weighted by atomic mass is 10.1. The zero-order valence-corrected chi connectivity index (χ0v) is 10.2. The normalized spacial score (nSPS) is 24.5. The smallest absolute Gasteiger partial charge is 0.136 e. The second-order valence-corrected chi connectivity index (χ2v) is 4.85. The molecule has 2 N–H and O–H groups in total. The van der Waals surface area contributed by atoms with Crippen LogP contribution in [0.5, 0.6) is 0 Å². The predicted molar refractivity (Wildman–Crippen MR) is 67.1 cm³/mol. The molecule has 3 heterocycles. The summed E-state index contributed by atoms with van der Waals surface area (Å²) in [4.78, 5) is 11.3. The lowest BCUT2D eigenvalue weighted by Gasteiger charge is -2.34. The van der Waals surface area contributed by atoms with Crippen LogP contribution in [0.25, 0.3) is 0 Å². The molecule has 92 valence electrons. The molecule has 0 radical (unpaired) electrons. The fraction of sp³-hybridized carbons (Fsp3) is 0.667. The Morgan fingerprint density at radius 2 is 2.29 bits per heavy atom. The Hall–Kier alpha value is -1.20. The highest BCUT2D eigenvalue weighted by atomic mass is 15.2. The minimum Gasteiger partial charge on any atom is -0.353 e. The maximum atomic E-state index is 4.50. The fourth-order valence-corrected chi connectivity index (χ4v) is 2.65. The highest BCUT2D eigenvalue weighted by Gasteiger charge is 2.22. The van der Waals surface area contributed by atoms with Crippen LogP contribution in [-0.4, -0.2) is 42.2 Å². The van der Waals surface area contributed by atoms with Gasteiger partial charge in [-0.05, 0) is 6.92 Å². The second-order valence-electron chi connectivity index (χ2n) is 4.85. The van der Waals surface area contributed by atoms with Crippen molar-refractivity contribution in [2.75, 3.05) is 31.1 Å². The highest BCUT2D eigenvalue weighted by molar-refractivity contribution is 5.50. The molecular formula is C12H19N5. The van der Waals surface area contributed by atoms with E-state index in [0.717, 1.165) is 45.0 Å². The molecule has 1 aromatic rings. The number of nitrogens with zero attached hydrogens (tertiary/aromatic N) is 3. The van der Waals surface area contributed by atoms with Crippen LogP contribution in [0.15, 0.2) is 6.33 Å². The Bertz CT molecular complexity index is 406. The van der Waals surface area contributed by atoms with Crippen LogP contribution in [-0.2, 0) is 13.0 Å². The lowest BCUT2D eigenvalue weighted by molar-refractivity contribution is 0.479. The first kappa shape index (κ1) is 10.9. The van der Waals surface area contributed by atoms with Crippen LogP contribution in [0.2, 0.25) is 0 Å². The summed E-state index contributed by atoms with van der Waals surface area (Å²) in [6.45, 7) is 7.26. The molecule has 0 saturated carbocycles. The standard InChI is InChI=1S/C12H19N5/c1-9-7-17(5-4-14-9)12-10-6-13-3-2-11(10)15-8-16-12/h8-9,13-14H,2-7H2,1H3. The SMILES string of the molecule is CC1CN(c2ncnc3c2CNCC3)CCN1. The Morgan fingerprint density at radius 3 is 3.18 bits per heavy atom. The molecule has 3 rings (SSSR count). The van der Waals surface area contributed by atoms with Crippen molar-refractivity contribution in [3.05, 3.63) is 17.6 Å². The van der Waals surface area contributed by atoms with Gasteiger partial charge in [0.25, 0.3) is 0 Å². The van der Waals surface area contributed by atoms with Crippen molar-refractivity contribution in [2.24, 2.45) is 0 Å². The van der Waals surface area contributed by atoms with E-state index in [4.69, 9.17) is 0 Å². The van der Waals surface area contributed by atoms with Gasteiger partial charge in [-0.15, -0.1) is 0 Å². The van der Waals surface area contributed by atoms with Gasteiger partial charge in [-0.1, -0.05) is 0 Å². The summed E-state index contributed by atoms with van der Waals surface area (Å²) < 4.78 is 0. The summed E-state index contributed by atoms with van der Waals surface area (Å²) in [6.07, 6.45) is 2.73. The largest absolute Gasteiger partial charge is 0.353 e. The van der Waals surface area contributed by atoms with Crippen molar-refractivity contribution in [1.29, 1.82) is 0 Å². The zero-order valence-electron chi connectivity index (χ0n) is 10.2. The van der Waals surface area contributed by atoms with Crippen molar-refractivity contribution in [2.45, 2.75) is 25.9 Å².